The molecular formula is C17H23N3. The highest BCUT2D eigenvalue weighted by Crippen LogP contribution is 2.34. The molecule has 0 amide bonds. The van der Waals surface area contributed by atoms with Gasteiger partial charge in [0.05, 0.1) is 11.2 Å². The van der Waals surface area contributed by atoms with Crippen LogP contribution in [0.1, 0.15) is 32.6 Å². The van der Waals surface area contributed by atoms with Crippen molar-refractivity contribution in [3.63, 3.8) is 0 Å². The molecule has 1 aliphatic carbocycles. The Kier molecular flexibility index (Phi) is 3.51. The summed E-state index contributed by atoms with van der Waals surface area (Å²) in [5.41, 5.74) is 9.10. The molecule has 2 unspecified atom stereocenters. The molecule has 3 rings (SSSR count). The molecule has 0 spiro atoms. The van der Waals surface area contributed by atoms with Crippen LogP contribution < -0.4 is 10.6 Å². The summed E-state index contributed by atoms with van der Waals surface area (Å²) in [6.45, 7) is 2.37. The van der Waals surface area contributed by atoms with E-state index >= 15 is 0 Å². The van der Waals surface area contributed by atoms with Gasteiger partial charge in [0.2, 0.25) is 0 Å². The quantitative estimate of drug-likeness (QED) is 0.842. The van der Waals surface area contributed by atoms with Crippen LogP contribution in [0.25, 0.3) is 10.9 Å². The zero-order valence-corrected chi connectivity index (χ0v) is 12.3. The van der Waals surface area contributed by atoms with Gasteiger partial charge in [-0.1, -0.05) is 19.8 Å². The van der Waals surface area contributed by atoms with Gasteiger partial charge in [-0.2, -0.15) is 0 Å². The summed E-state index contributed by atoms with van der Waals surface area (Å²) in [5.74, 6) is 0.741. The summed E-state index contributed by atoms with van der Waals surface area (Å²) in [5, 5.41) is 1.06. The smallest absolute Gasteiger partial charge is 0.0955 e. The monoisotopic (exact) mass is 269 g/mol. The van der Waals surface area contributed by atoms with E-state index in [0.29, 0.717) is 6.04 Å². The molecule has 20 heavy (non-hydrogen) atoms. The van der Waals surface area contributed by atoms with Crippen molar-refractivity contribution in [2.75, 3.05) is 17.7 Å². The Morgan fingerprint density at radius 2 is 2.00 bits per heavy atom. The second-order valence-corrected chi connectivity index (χ2v) is 6.01. The van der Waals surface area contributed by atoms with E-state index in [1.54, 1.807) is 0 Å². The van der Waals surface area contributed by atoms with E-state index in [-0.39, 0.29) is 0 Å². The molecule has 1 fully saturated rings. The summed E-state index contributed by atoms with van der Waals surface area (Å²) >= 11 is 0. The number of rotatable bonds is 2. The number of nitrogen functional groups attached to an aromatic ring is 1. The second kappa shape index (κ2) is 5.31. The van der Waals surface area contributed by atoms with Crippen molar-refractivity contribution in [1.82, 2.24) is 4.98 Å². The first-order valence-corrected chi connectivity index (χ1v) is 7.54. The Labute approximate surface area is 120 Å². The highest BCUT2D eigenvalue weighted by atomic mass is 15.1. The van der Waals surface area contributed by atoms with Crippen molar-refractivity contribution in [2.24, 2.45) is 5.92 Å². The number of nitrogens with zero attached hydrogens (tertiary/aromatic N) is 2. The number of anilines is 2. The van der Waals surface area contributed by atoms with Crippen LogP contribution in [0.3, 0.4) is 0 Å². The maximum Gasteiger partial charge on any atom is 0.0955 e. The molecule has 0 bridgehead atoms. The Bertz CT molecular complexity index is 608. The third-order valence-corrected chi connectivity index (χ3v) is 4.73. The third kappa shape index (κ3) is 2.21. The van der Waals surface area contributed by atoms with Crippen molar-refractivity contribution >= 4 is 22.3 Å². The molecule has 1 aliphatic rings. The van der Waals surface area contributed by atoms with Crippen LogP contribution in [-0.2, 0) is 0 Å². The van der Waals surface area contributed by atoms with Gasteiger partial charge in [-0.15, -0.1) is 0 Å². The Morgan fingerprint density at radius 3 is 2.80 bits per heavy atom. The van der Waals surface area contributed by atoms with Gasteiger partial charge in [0.25, 0.3) is 0 Å². The molecule has 1 aromatic carbocycles. The standard InChI is InChI=1S/C17H23N3/c1-12-6-3-4-8-15(12)20(2)16-10-9-14(18)13-7-5-11-19-17(13)16/h5,7,9-12,15H,3-4,6,8,18H2,1-2H3. The first kappa shape index (κ1) is 13.2. The molecule has 1 saturated carbocycles. The van der Waals surface area contributed by atoms with Crippen molar-refractivity contribution in [3.8, 4) is 0 Å². The van der Waals surface area contributed by atoms with Gasteiger partial charge in [-0.25, -0.2) is 0 Å². The lowest BCUT2D eigenvalue weighted by Crippen LogP contribution is -2.39. The van der Waals surface area contributed by atoms with E-state index < -0.39 is 0 Å². The van der Waals surface area contributed by atoms with Crippen molar-refractivity contribution in [2.45, 2.75) is 38.6 Å². The number of aromatic nitrogens is 1. The molecule has 3 nitrogen and oxygen atoms in total. The van der Waals surface area contributed by atoms with E-state index in [0.717, 1.165) is 22.5 Å². The van der Waals surface area contributed by atoms with Crippen molar-refractivity contribution < 1.29 is 0 Å². The van der Waals surface area contributed by atoms with Crippen molar-refractivity contribution in [3.05, 3.63) is 30.5 Å². The molecule has 0 aliphatic heterocycles. The lowest BCUT2D eigenvalue weighted by atomic mass is 9.85. The molecular weight excluding hydrogens is 246 g/mol. The molecule has 2 aromatic rings. The summed E-state index contributed by atoms with van der Waals surface area (Å²) in [6, 6.07) is 8.73. The van der Waals surface area contributed by atoms with Gasteiger partial charge >= 0.3 is 0 Å². The summed E-state index contributed by atoms with van der Waals surface area (Å²) in [4.78, 5) is 6.98. The second-order valence-electron chi connectivity index (χ2n) is 6.01. The van der Waals surface area contributed by atoms with Crippen molar-refractivity contribution in [1.29, 1.82) is 0 Å². The van der Waals surface area contributed by atoms with Gasteiger partial charge in [-0.3, -0.25) is 4.98 Å². The van der Waals surface area contributed by atoms with Gasteiger partial charge in [-0.05, 0) is 43.0 Å². The summed E-state index contributed by atoms with van der Waals surface area (Å²) < 4.78 is 0. The zero-order chi connectivity index (χ0) is 14.1. The van der Waals surface area contributed by atoms with Crippen LogP contribution in [0.5, 0.6) is 0 Å². The number of pyridine rings is 1. The van der Waals surface area contributed by atoms with Crippen LogP contribution in [0.2, 0.25) is 0 Å². The van der Waals surface area contributed by atoms with E-state index in [2.05, 4.69) is 36.0 Å². The highest BCUT2D eigenvalue weighted by molar-refractivity contribution is 5.98. The SMILES string of the molecule is CC1CCCCC1N(C)c1ccc(N)c2cccnc12. The summed E-state index contributed by atoms with van der Waals surface area (Å²) in [7, 11) is 2.20. The van der Waals surface area contributed by atoms with Gasteiger partial charge in [0, 0.05) is 30.4 Å². The van der Waals surface area contributed by atoms with Crippen LogP contribution >= 0.6 is 0 Å². The lowest BCUT2D eigenvalue weighted by Gasteiger charge is -2.38. The number of hydrogen-bond donors (Lipinski definition) is 1. The topological polar surface area (TPSA) is 42.1 Å². The molecule has 106 valence electrons. The Balaban J connectivity index is 2.03. The first-order valence-electron chi connectivity index (χ1n) is 7.54. The fraction of sp³-hybridized carbons (Fsp3) is 0.471. The van der Waals surface area contributed by atoms with E-state index in [1.807, 2.05) is 18.3 Å². The minimum absolute atomic E-state index is 0.609. The molecule has 3 heteroatoms. The summed E-state index contributed by atoms with van der Waals surface area (Å²) in [6.07, 6.45) is 7.15. The zero-order valence-electron chi connectivity index (χ0n) is 12.3. The highest BCUT2D eigenvalue weighted by Gasteiger charge is 2.26. The van der Waals surface area contributed by atoms with Gasteiger partial charge in [0.1, 0.15) is 0 Å². The average molecular weight is 269 g/mol. The van der Waals surface area contributed by atoms with E-state index in [4.69, 9.17) is 5.73 Å². The molecule has 1 heterocycles. The maximum absolute atomic E-state index is 6.07. The van der Waals surface area contributed by atoms with Gasteiger partial charge < -0.3 is 10.6 Å². The molecule has 0 saturated heterocycles. The Hall–Kier alpha value is -1.77. The van der Waals surface area contributed by atoms with E-state index in [1.165, 1.54) is 31.4 Å². The number of fused-ring (bicyclic) bond motifs is 1. The average Bonchev–Trinajstić information content (AvgIpc) is 2.48. The molecule has 1 aromatic heterocycles. The van der Waals surface area contributed by atoms with Crippen LogP contribution in [0, 0.1) is 5.92 Å². The third-order valence-electron chi connectivity index (χ3n) is 4.73. The number of hydrogen-bond acceptors (Lipinski definition) is 3. The predicted octanol–water partition coefficient (Wildman–Crippen LogP) is 3.83. The minimum Gasteiger partial charge on any atom is -0.398 e. The van der Waals surface area contributed by atoms with Gasteiger partial charge in [0.15, 0.2) is 0 Å². The van der Waals surface area contributed by atoms with E-state index in [9.17, 15) is 0 Å². The van der Waals surface area contributed by atoms with Crippen LogP contribution in [0.4, 0.5) is 11.4 Å². The van der Waals surface area contributed by atoms with Crippen LogP contribution in [-0.4, -0.2) is 18.1 Å². The molecule has 2 atom stereocenters. The lowest BCUT2D eigenvalue weighted by molar-refractivity contribution is 0.322. The first-order chi connectivity index (χ1) is 9.68. The maximum atomic E-state index is 6.07. The predicted molar refractivity (Wildman–Crippen MR) is 86.0 cm³/mol. The normalized spacial score (nSPS) is 22.9. The largest absolute Gasteiger partial charge is 0.398 e. The minimum atomic E-state index is 0.609. The Morgan fingerprint density at radius 1 is 1.20 bits per heavy atom. The fourth-order valence-electron chi connectivity index (χ4n) is 3.52. The molecule has 2 N–H and O–H groups in total. The number of nitrogens with two attached hydrogens (primary N) is 1. The fourth-order valence-corrected chi connectivity index (χ4v) is 3.52. The number of benzene rings is 1. The van der Waals surface area contributed by atoms with Crippen LogP contribution in [0.15, 0.2) is 30.5 Å². The molecule has 0 radical (unpaired) electrons.